The molecule has 0 amide bonds. The van der Waals surface area contributed by atoms with E-state index in [2.05, 4.69) is 41.1 Å². The summed E-state index contributed by atoms with van der Waals surface area (Å²) in [4.78, 5) is 15.1. The number of ketones is 1. The zero-order valence-corrected chi connectivity index (χ0v) is 19.1. The minimum Gasteiger partial charge on any atom is -0.496 e. The number of carbonyl (C=O) groups excluding carboxylic acids is 1. The van der Waals surface area contributed by atoms with Crippen LogP contribution >= 0.6 is 11.8 Å². The predicted octanol–water partition coefficient (Wildman–Crippen LogP) is 5.11. The average Bonchev–Trinajstić information content (AvgIpc) is 3.31. The Morgan fingerprint density at radius 3 is 2.61 bits per heavy atom. The van der Waals surface area contributed by atoms with Crippen molar-refractivity contribution in [2.45, 2.75) is 36.7 Å². The van der Waals surface area contributed by atoms with Gasteiger partial charge in [0.15, 0.2) is 5.78 Å². The van der Waals surface area contributed by atoms with Crippen molar-refractivity contribution in [1.82, 2.24) is 10.2 Å². The molecule has 0 saturated carbocycles. The summed E-state index contributed by atoms with van der Waals surface area (Å²) in [5.41, 5.74) is 3.80. The molecule has 1 aliphatic heterocycles. The summed E-state index contributed by atoms with van der Waals surface area (Å²) in [7, 11) is 3.60. The minimum atomic E-state index is -0.369. The number of carbonyl (C=O) groups is 1. The first-order chi connectivity index (χ1) is 14.8. The first-order valence-corrected chi connectivity index (χ1v) is 10.9. The van der Waals surface area contributed by atoms with Crippen molar-refractivity contribution < 1.29 is 13.9 Å². The largest absolute Gasteiger partial charge is 0.496 e. The van der Waals surface area contributed by atoms with Crippen molar-refractivity contribution in [1.29, 1.82) is 0 Å². The third kappa shape index (κ3) is 3.85. The minimum absolute atomic E-state index is 0.00442. The van der Waals surface area contributed by atoms with E-state index in [1.807, 2.05) is 50.4 Å². The SMILES string of the molecule is COc1ccccc1-c1nnc(SC(C)C(=O)C=C2N(C)c3ccccc3C2(C)C)o1. The van der Waals surface area contributed by atoms with Crippen LogP contribution in [0.25, 0.3) is 11.5 Å². The number of likely N-dealkylation sites (N-methyl/N-ethyl adjacent to an activating group) is 1. The van der Waals surface area contributed by atoms with E-state index in [0.29, 0.717) is 16.9 Å². The molecule has 2 heterocycles. The molecule has 31 heavy (non-hydrogen) atoms. The second-order valence-electron chi connectivity index (χ2n) is 7.97. The maximum atomic E-state index is 13.0. The number of nitrogens with zero attached hydrogens (tertiary/aromatic N) is 3. The molecule has 1 aliphatic rings. The number of thioether (sulfide) groups is 1. The number of allylic oxidation sites excluding steroid dienone is 2. The normalized spacial score (nSPS) is 16.9. The van der Waals surface area contributed by atoms with Crippen LogP contribution in [-0.4, -0.2) is 35.4 Å². The highest BCUT2D eigenvalue weighted by Gasteiger charge is 2.38. The van der Waals surface area contributed by atoms with Crippen molar-refractivity contribution in [3.8, 4) is 17.2 Å². The number of methoxy groups -OCH3 is 1. The lowest BCUT2D eigenvalue weighted by Gasteiger charge is -2.24. The van der Waals surface area contributed by atoms with Crippen LogP contribution in [-0.2, 0) is 10.2 Å². The number of hydrogen-bond donors (Lipinski definition) is 0. The van der Waals surface area contributed by atoms with Crippen LogP contribution < -0.4 is 9.64 Å². The van der Waals surface area contributed by atoms with Gasteiger partial charge in [-0.25, -0.2) is 0 Å². The van der Waals surface area contributed by atoms with E-state index in [1.165, 1.54) is 17.3 Å². The summed E-state index contributed by atoms with van der Waals surface area (Å²) in [5.74, 6) is 1.03. The summed E-state index contributed by atoms with van der Waals surface area (Å²) in [6.45, 7) is 6.14. The second kappa shape index (κ2) is 8.23. The Bertz CT molecular complexity index is 1150. The van der Waals surface area contributed by atoms with Crippen LogP contribution in [0.3, 0.4) is 0 Å². The van der Waals surface area contributed by atoms with E-state index >= 15 is 0 Å². The first-order valence-electron chi connectivity index (χ1n) is 10.1. The van der Waals surface area contributed by atoms with Gasteiger partial charge in [0, 0.05) is 29.9 Å². The second-order valence-corrected chi connectivity index (χ2v) is 9.26. The monoisotopic (exact) mass is 435 g/mol. The average molecular weight is 436 g/mol. The number of rotatable bonds is 6. The molecule has 0 spiro atoms. The van der Waals surface area contributed by atoms with E-state index in [0.717, 1.165) is 16.9 Å². The van der Waals surface area contributed by atoms with Gasteiger partial charge in [-0.05, 0) is 30.7 Å². The predicted molar refractivity (Wildman–Crippen MR) is 123 cm³/mol. The van der Waals surface area contributed by atoms with Crippen molar-refractivity contribution in [2.75, 3.05) is 19.1 Å². The van der Waals surface area contributed by atoms with Gasteiger partial charge >= 0.3 is 0 Å². The van der Waals surface area contributed by atoms with E-state index in [-0.39, 0.29) is 16.4 Å². The molecular formula is C24H25N3O3S. The molecule has 0 aliphatic carbocycles. The van der Waals surface area contributed by atoms with Gasteiger partial charge in [-0.2, -0.15) is 0 Å². The molecule has 0 N–H and O–H groups in total. The molecule has 0 fully saturated rings. The van der Waals surface area contributed by atoms with Crippen LogP contribution in [0.4, 0.5) is 5.69 Å². The molecule has 0 saturated heterocycles. The fourth-order valence-corrected chi connectivity index (χ4v) is 4.61. The zero-order valence-electron chi connectivity index (χ0n) is 18.2. The fraction of sp³-hybridized carbons (Fsp3) is 0.292. The Morgan fingerprint density at radius 1 is 1.16 bits per heavy atom. The van der Waals surface area contributed by atoms with Crippen molar-refractivity contribution >= 4 is 23.2 Å². The standard InChI is InChI=1S/C24H25N3O3S/c1-15(31-23-26-25-22(30-23)16-10-6-9-13-20(16)29-5)19(28)14-21-24(2,3)17-11-7-8-12-18(17)27(21)4/h6-15H,1-5H3. The van der Waals surface area contributed by atoms with E-state index in [9.17, 15) is 4.79 Å². The van der Waals surface area contributed by atoms with Gasteiger partial charge in [-0.3, -0.25) is 4.79 Å². The lowest BCUT2D eigenvalue weighted by Crippen LogP contribution is -2.25. The maximum absolute atomic E-state index is 13.0. The Hall–Kier alpha value is -3.06. The number of aromatic nitrogens is 2. The molecule has 6 nitrogen and oxygen atoms in total. The molecular weight excluding hydrogens is 410 g/mol. The Kier molecular flexibility index (Phi) is 5.62. The Balaban J connectivity index is 1.52. The molecule has 1 aromatic heterocycles. The molecule has 4 rings (SSSR count). The van der Waals surface area contributed by atoms with E-state index in [4.69, 9.17) is 9.15 Å². The van der Waals surface area contributed by atoms with E-state index < -0.39 is 0 Å². The molecule has 1 atom stereocenters. The third-order valence-electron chi connectivity index (χ3n) is 5.64. The highest BCUT2D eigenvalue weighted by Crippen LogP contribution is 2.46. The third-order valence-corrected chi connectivity index (χ3v) is 6.59. The summed E-state index contributed by atoms with van der Waals surface area (Å²) < 4.78 is 11.2. The number of anilines is 1. The fourth-order valence-electron chi connectivity index (χ4n) is 3.91. The van der Waals surface area contributed by atoms with Gasteiger partial charge in [0.1, 0.15) is 5.75 Å². The van der Waals surface area contributed by atoms with Crippen LogP contribution in [0.15, 0.2) is 69.9 Å². The summed E-state index contributed by atoms with van der Waals surface area (Å²) in [5, 5.41) is 8.21. The highest BCUT2D eigenvalue weighted by atomic mass is 32.2. The van der Waals surface area contributed by atoms with Crippen molar-refractivity contribution in [3.05, 3.63) is 65.9 Å². The van der Waals surface area contributed by atoms with Crippen LogP contribution in [0.2, 0.25) is 0 Å². The number of ether oxygens (including phenoxy) is 1. The Labute approximate surface area is 186 Å². The summed E-state index contributed by atoms with van der Waals surface area (Å²) >= 11 is 1.26. The molecule has 2 aromatic carbocycles. The van der Waals surface area contributed by atoms with Gasteiger partial charge in [0.2, 0.25) is 0 Å². The van der Waals surface area contributed by atoms with Crippen LogP contribution in [0.5, 0.6) is 5.75 Å². The van der Waals surface area contributed by atoms with Gasteiger partial charge in [-0.1, -0.05) is 55.9 Å². The summed E-state index contributed by atoms with van der Waals surface area (Å²) in [6.07, 6.45) is 1.75. The van der Waals surface area contributed by atoms with Gasteiger partial charge in [0.25, 0.3) is 11.1 Å². The van der Waals surface area contributed by atoms with Gasteiger partial charge in [0.05, 0.1) is 17.9 Å². The van der Waals surface area contributed by atoms with E-state index in [1.54, 1.807) is 13.2 Å². The molecule has 3 aromatic rings. The van der Waals surface area contributed by atoms with Gasteiger partial charge < -0.3 is 14.1 Å². The Morgan fingerprint density at radius 2 is 1.87 bits per heavy atom. The van der Waals surface area contributed by atoms with Crippen molar-refractivity contribution in [2.24, 2.45) is 0 Å². The first kappa shape index (κ1) is 21.2. The maximum Gasteiger partial charge on any atom is 0.277 e. The number of hydrogen-bond acceptors (Lipinski definition) is 7. The quantitative estimate of drug-likeness (QED) is 0.394. The molecule has 0 radical (unpaired) electrons. The lowest BCUT2D eigenvalue weighted by atomic mass is 9.83. The lowest BCUT2D eigenvalue weighted by molar-refractivity contribution is -0.114. The molecule has 0 bridgehead atoms. The zero-order chi connectivity index (χ0) is 22.2. The van der Waals surface area contributed by atoms with Gasteiger partial charge in [-0.15, -0.1) is 10.2 Å². The van der Waals surface area contributed by atoms with Crippen LogP contribution in [0, 0.1) is 0 Å². The number of fused-ring (bicyclic) bond motifs is 1. The molecule has 7 heteroatoms. The highest BCUT2D eigenvalue weighted by molar-refractivity contribution is 8.00. The molecule has 160 valence electrons. The number of benzene rings is 2. The summed E-state index contributed by atoms with van der Waals surface area (Å²) in [6, 6.07) is 15.7. The van der Waals surface area contributed by atoms with Crippen LogP contribution in [0.1, 0.15) is 26.3 Å². The van der Waals surface area contributed by atoms with Crippen molar-refractivity contribution in [3.63, 3.8) is 0 Å². The smallest absolute Gasteiger partial charge is 0.277 e. The topological polar surface area (TPSA) is 68.5 Å². The molecule has 1 unspecified atom stereocenters. The number of para-hydroxylation sites is 2.